The number of nitriles is 1. The summed E-state index contributed by atoms with van der Waals surface area (Å²) in [6.07, 6.45) is 3.71. The molecule has 0 spiro atoms. The Hall–Kier alpha value is -3.34. The van der Waals surface area contributed by atoms with E-state index in [0.29, 0.717) is 31.0 Å². The summed E-state index contributed by atoms with van der Waals surface area (Å²) in [6.45, 7) is 1.28. The van der Waals surface area contributed by atoms with Gasteiger partial charge in [0, 0.05) is 25.4 Å². The van der Waals surface area contributed by atoms with E-state index < -0.39 is 0 Å². The lowest BCUT2D eigenvalue weighted by Gasteiger charge is -2.17. The molecule has 0 bridgehead atoms. The molecule has 1 aromatic carbocycles. The summed E-state index contributed by atoms with van der Waals surface area (Å²) in [6, 6.07) is 7.48. The van der Waals surface area contributed by atoms with Crippen LogP contribution in [0.3, 0.4) is 0 Å². The molecule has 0 radical (unpaired) electrons. The van der Waals surface area contributed by atoms with Crippen molar-refractivity contribution in [2.45, 2.75) is 18.9 Å². The maximum atomic E-state index is 12.6. The highest BCUT2D eigenvalue weighted by Crippen LogP contribution is 2.32. The van der Waals surface area contributed by atoms with Crippen molar-refractivity contribution < 1.29 is 19.0 Å². The van der Waals surface area contributed by atoms with Gasteiger partial charge in [-0.15, -0.1) is 0 Å². The van der Waals surface area contributed by atoms with Crippen molar-refractivity contribution in [1.82, 2.24) is 14.9 Å². The molecule has 4 rings (SSSR count). The number of rotatable bonds is 4. The maximum Gasteiger partial charge on any atom is 0.251 e. The van der Waals surface area contributed by atoms with Crippen LogP contribution in [0.15, 0.2) is 30.6 Å². The summed E-state index contributed by atoms with van der Waals surface area (Å²) < 4.78 is 16.4. The van der Waals surface area contributed by atoms with Gasteiger partial charge in [-0.05, 0) is 17.7 Å². The van der Waals surface area contributed by atoms with Crippen molar-refractivity contribution in [3.8, 4) is 23.4 Å². The molecule has 2 aromatic rings. The smallest absolute Gasteiger partial charge is 0.251 e. The molecule has 8 nitrogen and oxygen atoms in total. The van der Waals surface area contributed by atoms with E-state index >= 15 is 0 Å². The first-order valence-electron chi connectivity index (χ1n) is 8.27. The Morgan fingerprint density at radius 1 is 1.31 bits per heavy atom. The van der Waals surface area contributed by atoms with Crippen LogP contribution in [0.5, 0.6) is 17.4 Å². The lowest BCUT2D eigenvalue weighted by molar-refractivity contribution is -0.129. The van der Waals surface area contributed by atoms with Crippen LogP contribution in [0.25, 0.3) is 0 Å². The summed E-state index contributed by atoms with van der Waals surface area (Å²) in [5.74, 6) is 1.61. The Bertz CT molecular complexity index is 880. The highest BCUT2D eigenvalue weighted by molar-refractivity contribution is 5.79. The minimum Gasteiger partial charge on any atom is -0.470 e. The number of likely N-dealkylation sites (tertiary alicyclic amines) is 1. The molecule has 2 aliphatic rings. The fraction of sp³-hybridized carbons (Fsp3) is 0.333. The molecular weight excluding hydrogens is 336 g/mol. The molecular formula is C18H16N4O4. The zero-order valence-corrected chi connectivity index (χ0v) is 13.9. The largest absolute Gasteiger partial charge is 0.470 e. The topological polar surface area (TPSA) is 97.6 Å². The quantitative estimate of drug-likeness (QED) is 0.818. The second kappa shape index (κ2) is 6.88. The van der Waals surface area contributed by atoms with Crippen LogP contribution in [-0.4, -0.2) is 46.8 Å². The summed E-state index contributed by atoms with van der Waals surface area (Å²) in [5.41, 5.74) is 1.03. The van der Waals surface area contributed by atoms with Gasteiger partial charge in [0.2, 0.25) is 18.4 Å². The molecule has 1 fully saturated rings. The monoisotopic (exact) mass is 352 g/mol. The Labute approximate surface area is 149 Å². The molecule has 1 atom stereocenters. The van der Waals surface area contributed by atoms with Crippen molar-refractivity contribution in [1.29, 1.82) is 5.26 Å². The Kier molecular flexibility index (Phi) is 4.27. The second-order valence-electron chi connectivity index (χ2n) is 6.05. The van der Waals surface area contributed by atoms with Crippen molar-refractivity contribution in [2.75, 3.05) is 19.9 Å². The van der Waals surface area contributed by atoms with Gasteiger partial charge in [0.25, 0.3) is 5.88 Å². The third-order valence-electron chi connectivity index (χ3n) is 4.34. The molecule has 1 saturated heterocycles. The van der Waals surface area contributed by atoms with Crippen LogP contribution in [0.4, 0.5) is 0 Å². The molecule has 2 aliphatic heterocycles. The van der Waals surface area contributed by atoms with Gasteiger partial charge in [-0.2, -0.15) is 5.26 Å². The van der Waals surface area contributed by atoms with Gasteiger partial charge >= 0.3 is 0 Å². The van der Waals surface area contributed by atoms with E-state index in [1.807, 2.05) is 24.3 Å². The first kappa shape index (κ1) is 16.1. The van der Waals surface area contributed by atoms with Crippen LogP contribution in [0, 0.1) is 11.3 Å². The number of nitrogens with zero attached hydrogens (tertiary/aromatic N) is 4. The predicted octanol–water partition coefficient (Wildman–Crippen LogP) is 1.30. The van der Waals surface area contributed by atoms with Gasteiger partial charge in [-0.25, -0.2) is 9.97 Å². The molecule has 8 heteroatoms. The third-order valence-corrected chi connectivity index (χ3v) is 4.34. The summed E-state index contributed by atoms with van der Waals surface area (Å²) >= 11 is 0. The second-order valence-corrected chi connectivity index (χ2v) is 6.05. The van der Waals surface area contributed by atoms with Crippen molar-refractivity contribution >= 4 is 5.91 Å². The number of aromatic nitrogens is 2. The van der Waals surface area contributed by atoms with Crippen molar-refractivity contribution in [3.05, 3.63) is 41.9 Å². The summed E-state index contributed by atoms with van der Waals surface area (Å²) in [7, 11) is 0. The van der Waals surface area contributed by atoms with Gasteiger partial charge in [-0.1, -0.05) is 6.07 Å². The van der Waals surface area contributed by atoms with Crippen molar-refractivity contribution in [3.63, 3.8) is 0 Å². The van der Waals surface area contributed by atoms with Gasteiger partial charge in [0.1, 0.15) is 12.2 Å². The Morgan fingerprint density at radius 3 is 3.04 bits per heavy atom. The molecule has 3 heterocycles. The van der Waals surface area contributed by atoms with Crippen LogP contribution in [-0.2, 0) is 11.2 Å². The molecule has 132 valence electrons. The standard InChI is InChI=1S/C18H16N4O4/c19-9-14-18(21-5-4-20-14)26-13-3-6-22(10-13)17(23)8-12-1-2-15-16(7-12)25-11-24-15/h1-2,4-5,7,13H,3,6,8,10-11H2/t13-/m0/s1. The number of fused-ring (bicyclic) bond motifs is 1. The Balaban J connectivity index is 1.36. The maximum absolute atomic E-state index is 12.6. The lowest BCUT2D eigenvalue weighted by atomic mass is 10.1. The van der Waals surface area contributed by atoms with E-state index in [0.717, 1.165) is 5.56 Å². The number of hydrogen-bond acceptors (Lipinski definition) is 7. The highest BCUT2D eigenvalue weighted by Gasteiger charge is 2.29. The fourth-order valence-electron chi connectivity index (χ4n) is 3.03. The van der Waals surface area contributed by atoms with E-state index in [-0.39, 0.29) is 36.8 Å². The van der Waals surface area contributed by atoms with E-state index in [2.05, 4.69) is 9.97 Å². The third kappa shape index (κ3) is 3.24. The van der Waals surface area contributed by atoms with E-state index in [4.69, 9.17) is 19.5 Å². The van der Waals surface area contributed by atoms with Gasteiger partial charge in [0.05, 0.1) is 13.0 Å². The van der Waals surface area contributed by atoms with Gasteiger partial charge in [-0.3, -0.25) is 4.79 Å². The van der Waals surface area contributed by atoms with Gasteiger partial charge in [0.15, 0.2) is 11.5 Å². The van der Waals surface area contributed by atoms with Crippen molar-refractivity contribution in [2.24, 2.45) is 0 Å². The fourth-order valence-corrected chi connectivity index (χ4v) is 3.03. The number of benzene rings is 1. The van der Waals surface area contributed by atoms with Crippen LogP contribution < -0.4 is 14.2 Å². The Morgan fingerprint density at radius 2 is 2.15 bits per heavy atom. The molecule has 0 aliphatic carbocycles. The molecule has 0 saturated carbocycles. The minimum absolute atomic E-state index is 0.0228. The molecule has 26 heavy (non-hydrogen) atoms. The van der Waals surface area contributed by atoms with Crippen LogP contribution >= 0.6 is 0 Å². The minimum atomic E-state index is -0.195. The number of ether oxygens (including phenoxy) is 3. The average Bonchev–Trinajstić information content (AvgIpc) is 3.31. The number of amides is 1. The lowest BCUT2D eigenvalue weighted by Crippen LogP contribution is -2.32. The molecule has 1 aromatic heterocycles. The van der Waals surface area contributed by atoms with Crippen LogP contribution in [0.1, 0.15) is 17.7 Å². The predicted molar refractivity (Wildman–Crippen MR) is 88.6 cm³/mol. The molecule has 0 unspecified atom stereocenters. The number of carbonyl (C=O) groups excluding carboxylic acids is 1. The molecule has 0 N–H and O–H groups in total. The first-order chi connectivity index (χ1) is 12.7. The van der Waals surface area contributed by atoms with E-state index in [9.17, 15) is 4.79 Å². The highest BCUT2D eigenvalue weighted by atomic mass is 16.7. The van der Waals surface area contributed by atoms with E-state index in [1.54, 1.807) is 4.90 Å². The van der Waals surface area contributed by atoms with Crippen LogP contribution in [0.2, 0.25) is 0 Å². The zero-order chi connectivity index (χ0) is 17.9. The normalized spacial score (nSPS) is 17.8. The summed E-state index contributed by atoms with van der Waals surface area (Å²) in [5, 5.41) is 9.05. The first-order valence-corrected chi connectivity index (χ1v) is 8.27. The SMILES string of the molecule is N#Cc1nccnc1O[C@H]1CCN(C(=O)Cc2ccc3c(c2)OCO3)C1. The number of carbonyl (C=O) groups is 1. The van der Waals surface area contributed by atoms with Gasteiger partial charge < -0.3 is 19.1 Å². The summed E-state index contributed by atoms with van der Waals surface area (Å²) in [4.78, 5) is 22.3. The molecule has 1 amide bonds. The van der Waals surface area contributed by atoms with E-state index in [1.165, 1.54) is 12.4 Å². The average molecular weight is 352 g/mol. The number of hydrogen-bond donors (Lipinski definition) is 0. The zero-order valence-electron chi connectivity index (χ0n) is 13.9.